The Morgan fingerprint density at radius 1 is 1.78 bits per heavy atom. The van der Waals surface area contributed by atoms with Gasteiger partial charge in [0.15, 0.2) is 0 Å². The maximum absolute atomic E-state index is 5.14. The zero-order valence-corrected chi connectivity index (χ0v) is 5.26. The molecule has 45 valence electrons. The van der Waals surface area contributed by atoms with Crippen molar-refractivity contribution in [3.05, 3.63) is 11.8 Å². The molecule has 1 radical (unpaired) electrons. The van der Waals surface area contributed by atoms with Crippen molar-refractivity contribution in [1.82, 2.24) is 5.43 Å². The van der Waals surface area contributed by atoms with Gasteiger partial charge in [0.1, 0.15) is 0 Å². The number of hydrogen-bond acceptors (Lipinski definition) is 1. The van der Waals surface area contributed by atoms with Crippen LogP contribution in [0, 0.1) is 12.3 Å². The first-order valence-corrected chi connectivity index (χ1v) is 2.82. The zero-order chi connectivity index (χ0) is 6.69. The Morgan fingerprint density at radius 2 is 2.56 bits per heavy atom. The molecule has 2 heteroatoms. The number of allylic oxidation sites excluding steroid dienone is 1. The van der Waals surface area contributed by atoms with E-state index in [-0.39, 0.29) is 0 Å². The van der Waals surface area contributed by atoms with Crippen LogP contribution in [-0.2, 0) is 0 Å². The van der Waals surface area contributed by atoms with Crippen molar-refractivity contribution in [3.8, 4) is 12.3 Å². The monoisotopic (exact) mass is 119 g/mol. The highest BCUT2D eigenvalue weighted by atomic mass is 15.3. The fraction of sp³-hybridized carbons (Fsp3) is 0.286. The second-order valence-corrected chi connectivity index (χ2v) is 1.70. The highest BCUT2D eigenvalue weighted by Gasteiger charge is 2.06. The molecule has 9 heavy (non-hydrogen) atoms. The second-order valence-electron chi connectivity index (χ2n) is 1.70. The summed E-state index contributed by atoms with van der Waals surface area (Å²) in [5.74, 6) is 2.50. The maximum Gasteiger partial charge on any atom is 0.0800 e. The average Bonchev–Trinajstić information content (AvgIpc) is 2.33. The highest BCUT2D eigenvalue weighted by Crippen LogP contribution is 2.04. The summed E-state index contributed by atoms with van der Waals surface area (Å²) >= 11 is 0. The third-order valence-electron chi connectivity index (χ3n) is 1.17. The lowest BCUT2D eigenvalue weighted by molar-refractivity contribution is 0.964. The lowest BCUT2D eigenvalue weighted by atomic mass is 10.1. The van der Waals surface area contributed by atoms with Gasteiger partial charge in [-0.15, -0.1) is 6.42 Å². The van der Waals surface area contributed by atoms with Gasteiger partial charge in [0, 0.05) is 0 Å². The lowest BCUT2D eigenvalue weighted by Crippen LogP contribution is -1.93. The van der Waals surface area contributed by atoms with Crippen LogP contribution in [0.5, 0.6) is 0 Å². The molecule has 0 amide bonds. The van der Waals surface area contributed by atoms with Crippen molar-refractivity contribution in [2.45, 2.75) is 13.3 Å². The van der Waals surface area contributed by atoms with Crippen molar-refractivity contribution < 1.29 is 0 Å². The standard InChI is InChI=1S/C7H7N2/c1-3-6-5-8-9-7(6)4-2/h1,5H,4H2,2H3. The van der Waals surface area contributed by atoms with Crippen molar-refractivity contribution in [2.24, 2.45) is 5.10 Å². The second kappa shape index (κ2) is 2.36. The van der Waals surface area contributed by atoms with Crippen LogP contribution >= 0.6 is 0 Å². The van der Waals surface area contributed by atoms with E-state index in [0.717, 1.165) is 17.7 Å². The van der Waals surface area contributed by atoms with Crippen LogP contribution in [0.25, 0.3) is 0 Å². The summed E-state index contributed by atoms with van der Waals surface area (Å²) in [4.78, 5) is 0. The summed E-state index contributed by atoms with van der Waals surface area (Å²) in [5.41, 5.74) is 5.40. The van der Waals surface area contributed by atoms with Crippen LogP contribution in [0.2, 0.25) is 0 Å². The SMILES string of the molecule is C#CC1=C[N]N=C1CC. The van der Waals surface area contributed by atoms with E-state index in [1.54, 1.807) is 6.20 Å². The van der Waals surface area contributed by atoms with E-state index in [4.69, 9.17) is 6.42 Å². The van der Waals surface area contributed by atoms with Gasteiger partial charge in [-0.3, -0.25) is 0 Å². The Bertz CT molecular complexity index is 205. The van der Waals surface area contributed by atoms with Crippen LogP contribution < -0.4 is 5.43 Å². The molecule has 0 fully saturated rings. The highest BCUT2D eigenvalue weighted by molar-refractivity contribution is 6.04. The topological polar surface area (TPSA) is 26.5 Å². The molecule has 0 saturated carbocycles. The summed E-state index contributed by atoms with van der Waals surface area (Å²) < 4.78 is 0. The molecule has 0 bridgehead atoms. The predicted molar refractivity (Wildman–Crippen MR) is 36.8 cm³/mol. The Hall–Kier alpha value is -1.23. The minimum absolute atomic E-state index is 0.817. The number of terminal acetylenes is 1. The van der Waals surface area contributed by atoms with Gasteiger partial charge in [0.05, 0.1) is 17.5 Å². The van der Waals surface area contributed by atoms with E-state index in [1.165, 1.54) is 0 Å². The first-order valence-electron chi connectivity index (χ1n) is 2.82. The van der Waals surface area contributed by atoms with Crippen molar-refractivity contribution >= 4 is 5.71 Å². The molecule has 2 nitrogen and oxygen atoms in total. The summed E-state index contributed by atoms with van der Waals surface area (Å²) in [5, 5.41) is 3.81. The molecule has 0 aromatic rings. The van der Waals surface area contributed by atoms with Gasteiger partial charge in [-0.05, 0) is 6.42 Å². The van der Waals surface area contributed by atoms with Crippen LogP contribution in [-0.4, -0.2) is 5.71 Å². The fourth-order valence-corrected chi connectivity index (χ4v) is 0.666. The van der Waals surface area contributed by atoms with E-state index < -0.39 is 0 Å². The van der Waals surface area contributed by atoms with E-state index in [2.05, 4.69) is 16.4 Å². The zero-order valence-electron chi connectivity index (χ0n) is 5.26. The summed E-state index contributed by atoms with van der Waals surface area (Å²) in [6.45, 7) is 2.00. The molecule has 0 aromatic carbocycles. The van der Waals surface area contributed by atoms with Gasteiger partial charge in [0.25, 0.3) is 0 Å². The Labute approximate surface area is 54.6 Å². The van der Waals surface area contributed by atoms with Crippen molar-refractivity contribution in [1.29, 1.82) is 0 Å². The van der Waals surface area contributed by atoms with Crippen LogP contribution in [0.3, 0.4) is 0 Å². The fourth-order valence-electron chi connectivity index (χ4n) is 0.666. The molecule has 1 heterocycles. The van der Waals surface area contributed by atoms with Gasteiger partial charge in [-0.25, -0.2) is 0 Å². The predicted octanol–water partition coefficient (Wildman–Crippen LogP) is 0.887. The average molecular weight is 119 g/mol. The molecule has 1 aliphatic rings. The van der Waals surface area contributed by atoms with E-state index in [0.29, 0.717) is 0 Å². The Kier molecular flexibility index (Phi) is 1.55. The Morgan fingerprint density at radius 3 is 3.00 bits per heavy atom. The number of nitrogens with zero attached hydrogens (tertiary/aromatic N) is 2. The van der Waals surface area contributed by atoms with Gasteiger partial charge < -0.3 is 0 Å². The quantitative estimate of drug-likeness (QED) is 0.458. The minimum atomic E-state index is 0.817. The molecule has 0 N–H and O–H groups in total. The van der Waals surface area contributed by atoms with E-state index in [1.807, 2.05) is 6.92 Å². The molecule has 1 aliphatic heterocycles. The van der Waals surface area contributed by atoms with Crippen molar-refractivity contribution in [2.75, 3.05) is 0 Å². The first-order chi connectivity index (χ1) is 4.38. The lowest BCUT2D eigenvalue weighted by Gasteiger charge is -1.89. The molecule has 0 unspecified atom stereocenters. The molecular formula is C7H7N2. The first kappa shape index (κ1) is 5.90. The van der Waals surface area contributed by atoms with Gasteiger partial charge in [-0.1, -0.05) is 12.8 Å². The maximum atomic E-state index is 5.14. The molecular weight excluding hydrogens is 112 g/mol. The Balaban J connectivity index is 2.77. The minimum Gasteiger partial charge on any atom is -0.157 e. The molecule has 0 atom stereocenters. The normalized spacial score (nSPS) is 15.6. The number of rotatable bonds is 1. The third kappa shape index (κ3) is 0.945. The van der Waals surface area contributed by atoms with E-state index >= 15 is 0 Å². The molecule has 0 aromatic heterocycles. The largest absolute Gasteiger partial charge is 0.157 e. The summed E-state index contributed by atoms with van der Waals surface area (Å²) in [7, 11) is 0. The number of hydrogen-bond donors (Lipinski definition) is 0. The van der Waals surface area contributed by atoms with Crippen LogP contribution in [0.4, 0.5) is 0 Å². The molecule has 1 rings (SSSR count). The molecule has 0 saturated heterocycles. The summed E-state index contributed by atoms with van der Waals surface area (Å²) in [6, 6.07) is 0. The van der Waals surface area contributed by atoms with Gasteiger partial charge in [-0.2, -0.15) is 10.5 Å². The third-order valence-corrected chi connectivity index (χ3v) is 1.17. The molecule has 0 spiro atoms. The van der Waals surface area contributed by atoms with Gasteiger partial charge in [0.2, 0.25) is 0 Å². The van der Waals surface area contributed by atoms with E-state index in [9.17, 15) is 0 Å². The smallest absolute Gasteiger partial charge is 0.0800 e. The van der Waals surface area contributed by atoms with Crippen LogP contribution in [0.1, 0.15) is 13.3 Å². The van der Waals surface area contributed by atoms with Crippen molar-refractivity contribution in [3.63, 3.8) is 0 Å². The summed E-state index contributed by atoms with van der Waals surface area (Å²) in [6.07, 6.45) is 7.61. The van der Waals surface area contributed by atoms with Gasteiger partial charge >= 0.3 is 0 Å². The van der Waals surface area contributed by atoms with Crippen LogP contribution in [0.15, 0.2) is 16.9 Å². The molecule has 0 aliphatic carbocycles.